The molecule has 2 aliphatic rings. The van der Waals surface area contributed by atoms with Crippen LogP contribution in [0.4, 0.5) is 11.8 Å². The molecule has 0 saturated carbocycles. The number of carbonyl (C=O) groups is 1. The Morgan fingerprint density at radius 2 is 1.40 bits per heavy atom. The van der Waals surface area contributed by atoms with Crippen LogP contribution in [0.25, 0.3) is 0 Å². The third-order valence-corrected chi connectivity index (χ3v) is 6.59. The number of aromatic nitrogens is 2. The number of hydrogen-bond acceptors (Lipinski definition) is 7. The van der Waals surface area contributed by atoms with E-state index < -0.39 is 0 Å². The summed E-state index contributed by atoms with van der Waals surface area (Å²) < 4.78 is 5.84. The zero-order valence-electron chi connectivity index (χ0n) is 20.4. The molecule has 1 aromatic heterocycles. The van der Waals surface area contributed by atoms with Crippen LogP contribution < -0.4 is 14.5 Å². The van der Waals surface area contributed by atoms with Crippen LogP contribution >= 0.6 is 0 Å². The Balaban J connectivity index is 1.19. The van der Waals surface area contributed by atoms with Crippen LogP contribution in [0.1, 0.15) is 16.1 Å². The first-order chi connectivity index (χ1) is 17.0. The second-order valence-corrected chi connectivity index (χ2v) is 9.18. The van der Waals surface area contributed by atoms with Gasteiger partial charge in [0, 0.05) is 69.7 Å². The van der Waals surface area contributed by atoms with Gasteiger partial charge in [0.25, 0.3) is 5.91 Å². The van der Waals surface area contributed by atoms with Crippen molar-refractivity contribution in [3.63, 3.8) is 0 Å². The van der Waals surface area contributed by atoms with Gasteiger partial charge >= 0.3 is 0 Å². The van der Waals surface area contributed by atoms with Gasteiger partial charge in [-0.1, -0.05) is 18.2 Å². The lowest BCUT2D eigenvalue weighted by molar-refractivity contribution is 0.0746. The van der Waals surface area contributed by atoms with Crippen molar-refractivity contribution < 1.29 is 9.53 Å². The second-order valence-electron chi connectivity index (χ2n) is 9.18. The van der Waals surface area contributed by atoms with E-state index in [2.05, 4.69) is 27.8 Å². The molecule has 3 aromatic rings. The summed E-state index contributed by atoms with van der Waals surface area (Å²) in [5, 5.41) is 0. The lowest BCUT2D eigenvalue weighted by Gasteiger charge is -2.36. The molecule has 2 saturated heterocycles. The summed E-state index contributed by atoms with van der Waals surface area (Å²) in [6, 6.07) is 19.1. The maximum Gasteiger partial charge on any atom is 0.253 e. The lowest BCUT2D eigenvalue weighted by Crippen LogP contribution is -2.49. The van der Waals surface area contributed by atoms with E-state index in [0.717, 1.165) is 49.4 Å². The second kappa shape index (κ2) is 10.3. The molecule has 0 N–H and O–H groups in total. The molecule has 2 fully saturated rings. The zero-order valence-corrected chi connectivity index (χ0v) is 20.4. The average Bonchev–Trinajstić information content (AvgIpc) is 2.89. The Bertz CT molecular complexity index is 1140. The highest BCUT2D eigenvalue weighted by Crippen LogP contribution is 2.23. The number of para-hydroxylation sites is 1. The molecular weight excluding hydrogens is 440 g/mol. The maximum absolute atomic E-state index is 13.1. The van der Waals surface area contributed by atoms with Crippen molar-refractivity contribution in [2.75, 3.05) is 69.2 Å². The first-order valence-electron chi connectivity index (χ1n) is 12.2. The summed E-state index contributed by atoms with van der Waals surface area (Å²) in [7, 11) is 2.15. The molecule has 0 aliphatic carbocycles. The van der Waals surface area contributed by atoms with Gasteiger partial charge in [0.1, 0.15) is 17.3 Å². The first kappa shape index (κ1) is 23.1. The number of amides is 1. The number of likely N-dealkylation sites (N-methyl/N-ethyl adjacent to an activating group) is 1. The van der Waals surface area contributed by atoms with Gasteiger partial charge in [-0.3, -0.25) is 4.79 Å². The number of rotatable bonds is 5. The monoisotopic (exact) mass is 472 g/mol. The van der Waals surface area contributed by atoms with Crippen molar-refractivity contribution in [1.82, 2.24) is 19.8 Å². The summed E-state index contributed by atoms with van der Waals surface area (Å²) in [5.74, 6) is 3.28. The Labute approximate surface area is 206 Å². The molecule has 0 unspecified atom stereocenters. The predicted molar refractivity (Wildman–Crippen MR) is 138 cm³/mol. The molecule has 35 heavy (non-hydrogen) atoms. The summed E-state index contributed by atoms with van der Waals surface area (Å²) >= 11 is 0. The Morgan fingerprint density at radius 1 is 0.771 bits per heavy atom. The van der Waals surface area contributed by atoms with Gasteiger partial charge in [-0.05, 0) is 50.4 Å². The standard InChI is InChI=1S/C27H32N6O2/c1-21-20-25(31-14-12-30(2)13-15-31)29-27(28-21)33-18-16-32(17-19-33)26(34)22-8-10-24(11-9-22)35-23-6-4-3-5-7-23/h3-11,20H,12-19H2,1-2H3. The molecule has 8 heteroatoms. The van der Waals surface area contributed by atoms with Crippen molar-refractivity contribution in [3.05, 3.63) is 71.9 Å². The van der Waals surface area contributed by atoms with Crippen LogP contribution in [-0.2, 0) is 0 Å². The Morgan fingerprint density at radius 3 is 2.09 bits per heavy atom. The number of anilines is 2. The van der Waals surface area contributed by atoms with E-state index >= 15 is 0 Å². The Hall–Kier alpha value is -3.65. The fourth-order valence-electron chi connectivity index (χ4n) is 4.46. The van der Waals surface area contributed by atoms with Crippen molar-refractivity contribution >= 4 is 17.7 Å². The zero-order chi connectivity index (χ0) is 24.2. The number of carbonyl (C=O) groups excluding carboxylic acids is 1. The van der Waals surface area contributed by atoms with Gasteiger partial charge < -0.3 is 24.3 Å². The van der Waals surface area contributed by atoms with E-state index in [9.17, 15) is 4.79 Å². The summed E-state index contributed by atoms with van der Waals surface area (Å²) in [5.41, 5.74) is 1.64. The van der Waals surface area contributed by atoms with Crippen LogP contribution in [0.3, 0.4) is 0 Å². The largest absolute Gasteiger partial charge is 0.457 e. The molecule has 0 bridgehead atoms. The Kier molecular flexibility index (Phi) is 6.81. The molecule has 0 radical (unpaired) electrons. The number of benzene rings is 2. The predicted octanol–water partition coefficient (Wildman–Crippen LogP) is 3.29. The van der Waals surface area contributed by atoms with E-state index in [1.54, 1.807) is 0 Å². The average molecular weight is 473 g/mol. The number of piperazine rings is 2. The molecule has 2 aliphatic heterocycles. The normalized spacial score (nSPS) is 16.9. The minimum Gasteiger partial charge on any atom is -0.457 e. The van der Waals surface area contributed by atoms with Gasteiger partial charge in [0.15, 0.2) is 0 Å². The quantitative estimate of drug-likeness (QED) is 0.565. The van der Waals surface area contributed by atoms with Gasteiger partial charge in [-0.2, -0.15) is 4.98 Å². The smallest absolute Gasteiger partial charge is 0.253 e. The molecule has 2 aromatic carbocycles. The van der Waals surface area contributed by atoms with Crippen molar-refractivity contribution in [2.24, 2.45) is 0 Å². The van der Waals surface area contributed by atoms with Crippen molar-refractivity contribution in [1.29, 1.82) is 0 Å². The molecule has 5 rings (SSSR count). The SMILES string of the molecule is Cc1cc(N2CCN(C)CC2)nc(N2CCN(C(=O)c3ccc(Oc4ccccc4)cc3)CC2)n1. The fraction of sp³-hybridized carbons (Fsp3) is 0.370. The highest BCUT2D eigenvalue weighted by Gasteiger charge is 2.25. The highest BCUT2D eigenvalue weighted by molar-refractivity contribution is 5.94. The summed E-state index contributed by atoms with van der Waals surface area (Å²) in [6.07, 6.45) is 0. The number of aryl methyl sites for hydroxylation is 1. The molecule has 3 heterocycles. The van der Waals surface area contributed by atoms with E-state index in [4.69, 9.17) is 14.7 Å². The van der Waals surface area contributed by atoms with Crippen molar-refractivity contribution in [3.8, 4) is 11.5 Å². The van der Waals surface area contributed by atoms with Crippen molar-refractivity contribution in [2.45, 2.75) is 6.92 Å². The molecule has 0 spiro atoms. The van der Waals surface area contributed by atoms with Crippen LogP contribution in [0.5, 0.6) is 11.5 Å². The van der Waals surface area contributed by atoms with Gasteiger partial charge in [-0.15, -0.1) is 0 Å². The van der Waals surface area contributed by atoms with Gasteiger partial charge in [-0.25, -0.2) is 4.98 Å². The third kappa shape index (κ3) is 5.54. The van der Waals surface area contributed by atoms with E-state index in [-0.39, 0.29) is 5.91 Å². The minimum absolute atomic E-state index is 0.0409. The molecular formula is C27H32N6O2. The molecule has 8 nitrogen and oxygen atoms in total. The number of ether oxygens (including phenoxy) is 1. The molecule has 1 amide bonds. The topological polar surface area (TPSA) is 65.0 Å². The lowest BCUT2D eigenvalue weighted by atomic mass is 10.1. The minimum atomic E-state index is 0.0409. The molecule has 0 atom stereocenters. The van der Waals surface area contributed by atoms with E-state index in [0.29, 0.717) is 37.5 Å². The van der Waals surface area contributed by atoms with Crippen LogP contribution in [-0.4, -0.2) is 85.1 Å². The number of nitrogens with zero attached hydrogens (tertiary/aromatic N) is 6. The van der Waals surface area contributed by atoms with E-state index in [1.165, 1.54) is 0 Å². The van der Waals surface area contributed by atoms with Crippen LogP contribution in [0, 0.1) is 6.92 Å². The summed E-state index contributed by atoms with van der Waals surface area (Å²) in [6.45, 7) is 8.77. The van der Waals surface area contributed by atoms with E-state index in [1.807, 2.05) is 66.4 Å². The first-order valence-corrected chi connectivity index (χ1v) is 12.2. The van der Waals surface area contributed by atoms with Crippen LogP contribution in [0.15, 0.2) is 60.7 Å². The fourth-order valence-corrected chi connectivity index (χ4v) is 4.46. The third-order valence-electron chi connectivity index (χ3n) is 6.59. The maximum atomic E-state index is 13.1. The summed E-state index contributed by atoms with van der Waals surface area (Å²) in [4.78, 5) is 31.4. The van der Waals surface area contributed by atoms with Gasteiger partial charge in [0.05, 0.1) is 0 Å². The van der Waals surface area contributed by atoms with Gasteiger partial charge in [0.2, 0.25) is 5.95 Å². The molecule has 182 valence electrons. The number of hydrogen-bond donors (Lipinski definition) is 0. The van der Waals surface area contributed by atoms with Crippen LogP contribution in [0.2, 0.25) is 0 Å². The highest BCUT2D eigenvalue weighted by atomic mass is 16.5.